The van der Waals surface area contributed by atoms with Crippen molar-refractivity contribution >= 4 is 17.6 Å². The zero-order chi connectivity index (χ0) is 20.5. The summed E-state index contributed by atoms with van der Waals surface area (Å²) in [6.07, 6.45) is 1.89. The lowest BCUT2D eigenvalue weighted by Gasteiger charge is -2.30. The van der Waals surface area contributed by atoms with Crippen molar-refractivity contribution in [2.24, 2.45) is 0 Å². The molecule has 1 aromatic carbocycles. The second-order valence-electron chi connectivity index (χ2n) is 6.74. The molecule has 0 atom stereocenters. The lowest BCUT2D eigenvalue weighted by molar-refractivity contribution is -0.364. The van der Waals surface area contributed by atoms with Crippen molar-refractivity contribution in [3.63, 3.8) is 0 Å². The number of aromatic nitrogens is 1. The van der Waals surface area contributed by atoms with Crippen LogP contribution in [0.3, 0.4) is 0 Å². The molecule has 1 saturated heterocycles. The normalized spacial score (nSPS) is 13.8. The smallest absolute Gasteiger partial charge is 0.274 e. The minimum absolute atomic E-state index is 0.0932. The third-order valence-corrected chi connectivity index (χ3v) is 4.75. The van der Waals surface area contributed by atoms with Crippen LogP contribution in [-0.4, -0.2) is 63.2 Å². The van der Waals surface area contributed by atoms with Crippen LogP contribution >= 0.6 is 0 Å². The first-order valence-electron chi connectivity index (χ1n) is 9.62. The van der Waals surface area contributed by atoms with Crippen LogP contribution in [0.15, 0.2) is 48.7 Å². The summed E-state index contributed by atoms with van der Waals surface area (Å²) in [6.45, 7) is 2.92. The highest BCUT2D eigenvalue weighted by Crippen LogP contribution is 2.12. The van der Waals surface area contributed by atoms with Crippen LogP contribution in [0.2, 0.25) is 0 Å². The van der Waals surface area contributed by atoms with E-state index in [9.17, 15) is 9.59 Å². The van der Waals surface area contributed by atoms with Crippen molar-refractivity contribution in [3.8, 4) is 5.75 Å². The Bertz CT molecular complexity index is 807. The standard InChI is InChI=1S/C21H26N4O4/c1-28-18-6-4-5-17(13-18)14-23-20(26)15-29-16-21(27)25-11-9-24(10-12-25)19-7-2-3-8-22-19/h2-8,13H,9-12,14-16H2,1H3,(H,23,26)/p+1. The van der Waals surface area contributed by atoms with Gasteiger partial charge in [-0.25, -0.2) is 4.98 Å². The molecule has 0 saturated carbocycles. The van der Waals surface area contributed by atoms with E-state index in [4.69, 9.17) is 9.47 Å². The van der Waals surface area contributed by atoms with Crippen molar-refractivity contribution < 1.29 is 24.0 Å². The second kappa shape index (κ2) is 10.4. The van der Waals surface area contributed by atoms with Crippen molar-refractivity contribution in [1.82, 2.24) is 10.2 Å². The number of carbonyl (C=O) groups excluding carboxylic acids is 2. The highest BCUT2D eigenvalue weighted by atomic mass is 16.5. The number of carbonyl (C=O) groups is 2. The van der Waals surface area contributed by atoms with Gasteiger partial charge < -0.3 is 19.7 Å². The van der Waals surface area contributed by atoms with E-state index in [0.717, 1.165) is 30.2 Å². The van der Waals surface area contributed by atoms with Gasteiger partial charge in [-0.2, -0.15) is 0 Å². The molecule has 1 aromatic heterocycles. The molecule has 154 valence electrons. The van der Waals surface area contributed by atoms with Gasteiger partial charge in [0.1, 0.15) is 32.1 Å². The Morgan fingerprint density at radius 2 is 1.90 bits per heavy atom. The molecular weight excluding hydrogens is 372 g/mol. The number of rotatable bonds is 8. The van der Waals surface area contributed by atoms with Gasteiger partial charge in [0.15, 0.2) is 0 Å². The third kappa shape index (κ3) is 6.18. The van der Waals surface area contributed by atoms with Crippen LogP contribution in [0.25, 0.3) is 0 Å². The summed E-state index contributed by atoms with van der Waals surface area (Å²) in [6, 6.07) is 13.4. The minimum Gasteiger partial charge on any atom is -0.497 e. The number of hydrogen-bond donors (Lipinski definition) is 1. The number of methoxy groups -OCH3 is 1. The number of anilines is 1. The van der Waals surface area contributed by atoms with Gasteiger partial charge in [0.2, 0.25) is 11.8 Å². The van der Waals surface area contributed by atoms with Crippen LogP contribution in [0.5, 0.6) is 5.75 Å². The van der Waals surface area contributed by atoms with Crippen LogP contribution in [-0.2, 0) is 20.9 Å². The predicted molar refractivity (Wildman–Crippen MR) is 107 cm³/mol. The molecule has 29 heavy (non-hydrogen) atoms. The van der Waals surface area contributed by atoms with Gasteiger partial charge in [-0.1, -0.05) is 18.2 Å². The number of benzene rings is 1. The molecule has 0 bridgehead atoms. The monoisotopic (exact) mass is 399 g/mol. The SMILES string of the molecule is COc1cccc(CNC(=O)COCC(=O)N2CCN(c3cccc[nH+]3)CC2)c1. The number of nitrogens with one attached hydrogen (secondary N) is 2. The average Bonchev–Trinajstić information content (AvgIpc) is 2.78. The lowest BCUT2D eigenvalue weighted by Crippen LogP contribution is -2.51. The Labute approximate surface area is 170 Å². The van der Waals surface area contributed by atoms with Crippen LogP contribution in [0.1, 0.15) is 5.56 Å². The molecular formula is C21H27N4O4+. The van der Waals surface area contributed by atoms with Crippen molar-refractivity contribution in [1.29, 1.82) is 0 Å². The Morgan fingerprint density at radius 3 is 2.62 bits per heavy atom. The van der Waals surface area contributed by atoms with E-state index in [-0.39, 0.29) is 25.0 Å². The van der Waals surface area contributed by atoms with Crippen LogP contribution in [0, 0.1) is 0 Å². The Hall–Kier alpha value is -3.13. The molecule has 0 aliphatic carbocycles. The van der Waals surface area contributed by atoms with Crippen LogP contribution in [0.4, 0.5) is 5.82 Å². The molecule has 0 radical (unpaired) electrons. The predicted octanol–water partition coefficient (Wildman–Crippen LogP) is 0.491. The molecule has 2 N–H and O–H groups in total. The maximum Gasteiger partial charge on any atom is 0.274 e. The summed E-state index contributed by atoms with van der Waals surface area (Å²) in [4.78, 5) is 31.4. The first-order valence-corrected chi connectivity index (χ1v) is 9.62. The van der Waals surface area contributed by atoms with E-state index in [2.05, 4.69) is 15.2 Å². The quantitative estimate of drug-likeness (QED) is 0.698. The summed E-state index contributed by atoms with van der Waals surface area (Å²) in [7, 11) is 1.60. The summed E-state index contributed by atoms with van der Waals surface area (Å²) in [5.74, 6) is 1.43. The van der Waals surface area contributed by atoms with E-state index < -0.39 is 0 Å². The zero-order valence-electron chi connectivity index (χ0n) is 16.6. The topological polar surface area (TPSA) is 85.2 Å². The number of nitrogens with zero attached hydrogens (tertiary/aromatic N) is 2. The maximum atomic E-state index is 12.3. The molecule has 2 amide bonds. The average molecular weight is 399 g/mol. The Kier molecular flexibility index (Phi) is 7.40. The largest absolute Gasteiger partial charge is 0.497 e. The molecule has 8 heteroatoms. The van der Waals surface area contributed by atoms with Gasteiger partial charge in [0, 0.05) is 12.6 Å². The summed E-state index contributed by atoms with van der Waals surface area (Å²) in [5.41, 5.74) is 0.933. The van der Waals surface area contributed by atoms with E-state index in [0.29, 0.717) is 19.6 Å². The number of H-pyrrole nitrogens is 1. The minimum atomic E-state index is -0.259. The van der Waals surface area contributed by atoms with Gasteiger partial charge in [0.05, 0.1) is 26.4 Å². The van der Waals surface area contributed by atoms with E-state index in [1.807, 2.05) is 48.7 Å². The molecule has 1 aliphatic heterocycles. The second-order valence-corrected chi connectivity index (χ2v) is 6.74. The number of aromatic amines is 1. The van der Waals surface area contributed by atoms with Gasteiger partial charge >= 0.3 is 0 Å². The van der Waals surface area contributed by atoms with Crippen molar-refractivity contribution in [2.75, 3.05) is 51.4 Å². The van der Waals surface area contributed by atoms with Gasteiger partial charge in [0.25, 0.3) is 5.82 Å². The van der Waals surface area contributed by atoms with Gasteiger partial charge in [-0.15, -0.1) is 0 Å². The van der Waals surface area contributed by atoms with E-state index >= 15 is 0 Å². The fourth-order valence-electron chi connectivity index (χ4n) is 3.13. The first-order chi connectivity index (χ1) is 14.2. The lowest BCUT2D eigenvalue weighted by atomic mass is 10.2. The van der Waals surface area contributed by atoms with Gasteiger partial charge in [-0.3, -0.25) is 14.5 Å². The molecule has 1 fully saturated rings. The Balaban J connectivity index is 1.33. The van der Waals surface area contributed by atoms with Crippen molar-refractivity contribution in [3.05, 3.63) is 54.2 Å². The van der Waals surface area contributed by atoms with Gasteiger partial charge in [-0.05, 0) is 23.8 Å². The molecule has 0 spiro atoms. The van der Waals surface area contributed by atoms with E-state index in [1.165, 1.54) is 0 Å². The molecule has 1 aliphatic rings. The molecule has 2 aromatic rings. The fourth-order valence-corrected chi connectivity index (χ4v) is 3.13. The summed E-state index contributed by atoms with van der Waals surface area (Å²) >= 11 is 0. The Morgan fingerprint density at radius 1 is 1.07 bits per heavy atom. The molecule has 0 unspecified atom stereocenters. The summed E-state index contributed by atoms with van der Waals surface area (Å²) < 4.78 is 10.5. The van der Waals surface area contributed by atoms with E-state index in [1.54, 1.807) is 12.0 Å². The van der Waals surface area contributed by atoms with Crippen molar-refractivity contribution in [2.45, 2.75) is 6.54 Å². The molecule has 8 nitrogen and oxygen atoms in total. The number of hydrogen-bond acceptors (Lipinski definition) is 5. The highest BCUT2D eigenvalue weighted by molar-refractivity contribution is 5.79. The third-order valence-electron chi connectivity index (χ3n) is 4.75. The highest BCUT2D eigenvalue weighted by Gasteiger charge is 2.26. The molecule has 3 rings (SSSR count). The number of pyridine rings is 1. The van der Waals surface area contributed by atoms with Crippen LogP contribution < -0.4 is 19.9 Å². The number of piperazine rings is 1. The number of amides is 2. The molecule has 2 heterocycles. The zero-order valence-corrected chi connectivity index (χ0v) is 16.6. The number of ether oxygens (including phenoxy) is 2. The first kappa shape index (κ1) is 20.6. The maximum absolute atomic E-state index is 12.3. The summed E-state index contributed by atoms with van der Waals surface area (Å²) in [5, 5.41) is 2.77. The fraction of sp³-hybridized carbons (Fsp3) is 0.381.